The zero-order valence-electron chi connectivity index (χ0n) is 16.1. The van der Waals surface area contributed by atoms with E-state index >= 15 is 0 Å². The molecule has 3 aliphatic rings. The molecule has 1 aromatic rings. The van der Waals surface area contributed by atoms with Crippen LogP contribution in [0.3, 0.4) is 0 Å². The highest BCUT2D eigenvalue weighted by atomic mass is 32.2. The van der Waals surface area contributed by atoms with Gasteiger partial charge in [-0.2, -0.15) is 0 Å². The molecule has 1 saturated heterocycles. The largest absolute Gasteiger partial charge is 0.465 e. The standard InChI is InChI=1S/C20H25N3O5S/c24-19(22-29(27,28)11-9-15-6-3-10-23(15)20(25)26)21-18-16-7-1-4-13(16)12-14-5-2-8-17(14)18/h9,11-12,15H,1-8,10H2,(H,25,26)(H2,21,22,24)/b11-9+/t15-/m1/s1. The van der Waals surface area contributed by atoms with E-state index in [4.69, 9.17) is 5.11 Å². The van der Waals surface area contributed by atoms with Crippen LogP contribution >= 0.6 is 0 Å². The van der Waals surface area contributed by atoms with Gasteiger partial charge in [-0.05, 0) is 79.7 Å². The van der Waals surface area contributed by atoms with E-state index in [0.717, 1.165) is 60.7 Å². The number of anilines is 1. The number of amides is 3. The van der Waals surface area contributed by atoms with Gasteiger partial charge >= 0.3 is 12.1 Å². The van der Waals surface area contributed by atoms with Crippen LogP contribution in [0.25, 0.3) is 0 Å². The van der Waals surface area contributed by atoms with E-state index < -0.39 is 28.2 Å². The Morgan fingerprint density at radius 1 is 1.07 bits per heavy atom. The van der Waals surface area contributed by atoms with Crippen LogP contribution in [0, 0.1) is 0 Å². The number of aryl methyl sites for hydroxylation is 2. The summed E-state index contributed by atoms with van der Waals surface area (Å²) in [6.07, 6.45) is 7.32. The van der Waals surface area contributed by atoms with Crippen molar-refractivity contribution in [2.24, 2.45) is 0 Å². The van der Waals surface area contributed by atoms with E-state index in [0.29, 0.717) is 19.4 Å². The van der Waals surface area contributed by atoms with Crippen LogP contribution in [0.15, 0.2) is 17.6 Å². The molecule has 0 radical (unpaired) electrons. The van der Waals surface area contributed by atoms with Crippen molar-refractivity contribution in [1.29, 1.82) is 0 Å². The van der Waals surface area contributed by atoms with Crippen molar-refractivity contribution in [1.82, 2.24) is 9.62 Å². The fourth-order valence-corrected chi connectivity index (χ4v) is 5.46. The Hall–Kier alpha value is -2.55. The van der Waals surface area contributed by atoms with Crippen LogP contribution in [-0.4, -0.2) is 43.1 Å². The number of likely N-dealkylation sites (tertiary alicyclic amines) is 1. The third-order valence-electron chi connectivity index (χ3n) is 5.97. The van der Waals surface area contributed by atoms with Gasteiger partial charge in [-0.3, -0.25) is 0 Å². The van der Waals surface area contributed by atoms with Crippen molar-refractivity contribution in [3.8, 4) is 0 Å². The third-order valence-corrected chi connectivity index (χ3v) is 6.96. The predicted octanol–water partition coefficient (Wildman–Crippen LogP) is 2.77. The van der Waals surface area contributed by atoms with Crippen molar-refractivity contribution >= 4 is 27.8 Å². The normalized spacial score (nSPS) is 20.7. The molecular formula is C20H25N3O5S. The van der Waals surface area contributed by atoms with Crippen LogP contribution in [-0.2, 0) is 35.7 Å². The Morgan fingerprint density at radius 2 is 1.72 bits per heavy atom. The molecule has 0 aromatic heterocycles. The lowest BCUT2D eigenvalue weighted by Crippen LogP contribution is -2.35. The zero-order chi connectivity index (χ0) is 20.6. The number of rotatable bonds is 4. The molecule has 9 heteroatoms. The minimum absolute atomic E-state index is 0.378. The number of sulfonamides is 1. The number of carbonyl (C=O) groups is 2. The number of benzene rings is 1. The van der Waals surface area contributed by atoms with Gasteiger partial charge in [0.05, 0.1) is 6.04 Å². The molecule has 2 aliphatic carbocycles. The summed E-state index contributed by atoms with van der Waals surface area (Å²) in [5.41, 5.74) is 5.52. The Labute approximate surface area is 170 Å². The molecule has 8 nitrogen and oxygen atoms in total. The summed E-state index contributed by atoms with van der Waals surface area (Å²) in [4.78, 5) is 24.8. The molecule has 1 heterocycles. The second kappa shape index (κ2) is 7.70. The Balaban J connectivity index is 1.46. The second-order valence-electron chi connectivity index (χ2n) is 7.85. The highest BCUT2D eigenvalue weighted by Gasteiger charge is 2.28. The van der Waals surface area contributed by atoms with Gasteiger partial charge in [0.15, 0.2) is 0 Å². The molecule has 29 heavy (non-hydrogen) atoms. The monoisotopic (exact) mass is 419 g/mol. The first-order valence-electron chi connectivity index (χ1n) is 10.0. The number of hydrogen-bond donors (Lipinski definition) is 3. The predicted molar refractivity (Wildman–Crippen MR) is 108 cm³/mol. The fourth-order valence-electron chi connectivity index (χ4n) is 4.69. The number of urea groups is 1. The molecule has 4 rings (SSSR count). The van der Waals surface area contributed by atoms with Crippen molar-refractivity contribution < 1.29 is 23.1 Å². The average Bonchev–Trinajstić information content (AvgIpc) is 3.39. The highest BCUT2D eigenvalue weighted by Crippen LogP contribution is 2.38. The first-order chi connectivity index (χ1) is 13.8. The SMILES string of the molecule is O=C(Nc1c2c(cc3c1CCC3)CCC2)NS(=O)(=O)/C=C/[C@H]1CCCN1C(=O)O. The first-order valence-corrected chi connectivity index (χ1v) is 11.6. The molecule has 1 aliphatic heterocycles. The maximum Gasteiger partial charge on any atom is 0.407 e. The lowest BCUT2D eigenvalue weighted by atomic mass is 9.99. The average molecular weight is 420 g/mol. The molecule has 0 spiro atoms. The molecule has 156 valence electrons. The molecule has 1 atom stereocenters. The molecule has 0 bridgehead atoms. The Morgan fingerprint density at radius 3 is 2.34 bits per heavy atom. The van der Waals surface area contributed by atoms with Gasteiger partial charge in [0.1, 0.15) is 0 Å². The summed E-state index contributed by atoms with van der Waals surface area (Å²) in [7, 11) is -4.03. The number of nitrogens with zero attached hydrogens (tertiary/aromatic N) is 1. The quantitative estimate of drug-likeness (QED) is 0.694. The topological polar surface area (TPSA) is 116 Å². The van der Waals surface area contributed by atoms with E-state index in [1.807, 2.05) is 4.72 Å². The van der Waals surface area contributed by atoms with E-state index in [1.165, 1.54) is 22.1 Å². The van der Waals surface area contributed by atoms with Crippen molar-refractivity contribution in [2.45, 2.75) is 57.4 Å². The van der Waals surface area contributed by atoms with E-state index in [1.54, 1.807) is 0 Å². The minimum Gasteiger partial charge on any atom is -0.465 e. The number of fused-ring (bicyclic) bond motifs is 2. The molecular weight excluding hydrogens is 394 g/mol. The van der Waals surface area contributed by atoms with Crippen LogP contribution in [0.5, 0.6) is 0 Å². The number of nitrogens with one attached hydrogen (secondary N) is 2. The maximum atomic E-state index is 12.5. The third kappa shape index (κ3) is 4.10. The number of hydrogen-bond acceptors (Lipinski definition) is 4. The minimum atomic E-state index is -4.03. The van der Waals surface area contributed by atoms with Crippen LogP contribution in [0.1, 0.15) is 47.9 Å². The smallest absolute Gasteiger partial charge is 0.407 e. The van der Waals surface area contributed by atoms with Gasteiger partial charge in [0.25, 0.3) is 10.0 Å². The molecule has 3 amide bonds. The van der Waals surface area contributed by atoms with Crippen molar-refractivity contribution in [2.75, 3.05) is 11.9 Å². The summed E-state index contributed by atoms with van der Waals surface area (Å²) in [5.74, 6) is 0. The summed E-state index contributed by atoms with van der Waals surface area (Å²) < 4.78 is 26.6. The lowest BCUT2D eigenvalue weighted by molar-refractivity contribution is 0.147. The van der Waals surface area contributed by atoms with E-state index in [2.05, 4.69) is 11.4 Å². The van der Waals surface area contributed by atoms with Gasteiger partial charge in [0, 0.05) is 17.6 Å². The van der Waals surface area contributed by atoms with Crippen LogP contribution in [0.4, 0.5) is 15.3 Å². The van der Waals surface area contributed by atoms with E-state index in [-0.39, 0.29) is 0 Å². The van der Waals surface area contributed by atoms with Gasteiger partial charge in [-0.25, -0.2) is 22.7 Å². The number of carboxylic acid groups (broad SMARTS) is 1. The zero-order valence-corrected chi connectivity index (χ0v) is 16.9. The second-order valence-corrected chi connectivity index (χ2v) is 9.42. The Kier molecular flexibility index (Phi) is 5.24. The van der Waals surface area contributed by atoms with Gasteiger partial charge in [0.2, 0.25) is 0 Å². The molecule has 1 aromatic carbocycles. The summed E-state index contributed by atoms with van der Waals surface area (Å²) in [6, 6.07) is 0.960. The van der Waals surface area contributed by atoms with E-state index in [9.17, 15) is 18.0 Å². The molecule has 0 saturated carbocycles. The number of carbonyl (C=O) groups excluding carboxylic acids is 1. The van der Waals surface area contributed by atoms with Crippen molar-refractivity contribution in [3.63, 3.8) is 0 Å². The molecule has 0 unspecified atom stereocenters. The molecule has 3 N–H and O–H groups in total. The summed E-state index contributed by atoms with van der Waals surface area (Å²) in [5, 5.41) is 12.8. The Bertz CT molecular complexity index is 954. The highest BCUT2D eigenvalue weighted by molar-refractivity contribution is 7.92. The maximum absolute atomic E-state index is 12.5. The fraction of sp³-hybridized carbons (Fsp3) is 0.500. The molecule has 1 fully saturated rings. The van der Waals surface area contributed by atoms with Crippen molar-refractivity contribution in [3.05, 3.63) is 39.8 Å². The van der Waals surface area contributed by atoms with Gasteiger partial charge in [-0.1, -0.05) is 6.07 Å². The van der Waals surface area contributed by atoms with Gasteiger partial charge in [-0.15, -0.1) is 0 Å². The summed E-state index contributed by atoms with van der Waals surface area (Å²) >= 11 is 0. The summed E-state index contributed by atoms with van der Waals surface area (Å²) in [6.45, 7) is 0.378. The van der Waals surface area contributed by atoms with Crippen LogP contribution < -0.4 is 10.0 Å². The van der Waals surface area contributed by atoms with Gasteiger partial charge < -0.3 is 15.3 Å². The van der Waals surface area contributed by atoms with Crippen LogP contribution in [0.2, 0.25) is 0 Å². The lowest BCUT2D eigenvalue weighted by Gasteiger charge is -2.18. The first kappa shape index (κ1) is 19.8.